The molecule has 2 unspecified atom stereocenters. The fourth-order valence-corrected chi connectivity index (χ4v) is 2.95. The summed E-state index contributed by atoms with van der Waals surface area (Å²) in [7, 11) is 0. The molecule has 0 bridgehead atoms. The Kier molecular flexibility index (Phi) is 5.49. The smallest absolute Gasteiger partial charge is 0.163 e. The predicted molar refractivity (Wildman–Crippen MR) is 77.7 cm³/mol. The first-order valence-corrected chi connectivity index (χ1v) is 7.50. The van der Waals surface area contributed by atoms with Crippen molar-refractivity contribution in [3.63, 3.8) is 0 Å². The third kappa shape index (κ3) is 4.00. The third-order valence-electron chi connectivity index (χ3n) is 3.96. The van der Waals surface area contributed by atoms with E-state index >= 15 is 0 Å². The van der Waals surface area contributed by atoms with Crippen LogP contribution in [0.3, 0.4) is 0 Å². The van der Waals surface area contributed by atoms with E-state index in [1.54, 1.807) is 12.1 Å². The van der Waals surface area contributed by atoms with Gasteiger partial charge in [-0.25, -0.2) is 8.78 Å². The SMILES string of the molecule is CC(CN1CCCCC1)NC(C)c1cccc(F)c1F. The topological polar surface area (TPSA) is 15.3 Å². The number of likely N-dealkylation sites (tertiary alicyclic amines) is 1. The van der Waals surface area contributed by atoms with E-state index in [4.69, 9.17) is 0 Å². The van der Waals surface area contributed by atoms with Crippen molar-refractivity contribution in [2.45, 2.75) is 45.2 Å². The number of benzene rings is 1. The molecule has 1 aliphatic rings. The lowest BCUT2D eigenvalue weighted by Gasteiger charge is -2.30. The molecule has 112 valence electrons. The fraction of sp³-hybridized carbons (Fsp3) is 0.625. The number of nitrogens with zero attached hydrogens (tertiary/aromatic N) is 1. The lowest BCUT2D eigenvalue weighted by Crippen LogP contribution is -2.42. The molecule has 1 N–H and O–H groups in total. The van der Waals surface area contributed by atoms with Crippen molar-refractivity contribution in [1.29, 1.82) is 0 Å². The highest BCUT2D eigenvalue weighted by Gasteiger charge is 2.18. The minimum absolute atomic E-state index is 0.189. The monoisotopic (exact) mass is 282 g/mol. The number of nitrogens with one attached hydrogen (secondary N) is 1. The van der Waals surface area contributed by atoms with Crippen LogP contribution in [-0.2, 0) is 0 Å². The van der Waals surface area contributed by atoms with Crippen molar-refractivity contribution in [2.75, 3.05) is 19.6 Å². The normalized spacial score (nSPS) is 19.8. The Hall–Kier alpha value is -1.00. The van der Waals surface area contributed by atoms with Crippen molar-refractivity contribution in [2.24, 2.45) is 0 Å². The van der Waals surface area contributed by atoms with Crippen LogP contribution in [0.25, 0.3) is 0 Å². The highest BCUT2D eigenvalue weighted by Crippen LogP contribution is 2.19. The Bertz CT molecular complexity index is 430. The highest BCUT2D eigenvalue weighted by molar-refractivity contribution is 5.22. The molecule has 1 heterocycles. The third-order valence-corrected chi connectivity index (χ3v) is 3.96. The van der Waals surface area contributed by atoms with Crippen LogP contribution >= 0.6 is 0 Å². The molecule has 20 heavy (non-hydrogen) atoms. The van der Waals surface area contributed by atoms with Crippen molar-refractivity contribution < 1.29 is 8.78 Å². The summed E-state index contributed by atoms with van der Waals surface area (Å²) in [6.45, 7) is 7.23. The van der Waals surface area contributed by atoms with Gasteiger partial charge in [-0.05, 0) is 45.8 Å². The molecule has 0 aliphatic carbocycles. The van der Waals surface area contributed by atoms with Gasteiger partial charge in [-0.1, -0.05) is 18.6 Å². The molecule has 0 amide bonds. The van der Waals surface area contributed by atoms with Gasteiger partial charge in [-0.2, -0.15) is 0 Å². The van der Waals surface area contributed by atoms with E-state index in [1.165, 1.54) is 19.3 Å². The van der Waals surface area contributed by atoms with Crippen molar-refractivity contribution >= 4 is 0 Å². The molecule has 4 heteroatoms. The van der Waals surface area contributed by atoms with Crippen molar-refractivity contribution in [3.05, 3.63) is 35.4 Å². The molecular formula is C16H24F2N2. The second kappa shape index (κ2) is 7.14. The maximum Gasteiger partial charge on any atom is 0.163 e. The Morgan fingerprint density at radius 1 is 1.15 bits per heavy atom. The van der Waals surface area contributed by atoms with Gasteiger partial charge in [0.05, 0.1) is 0 Å². The summed E-state index contributed by atoms with van der Waals surface area (Å²) in [5.74, 6) is -1.52. The first-order chi connectivity index (χ1) is 9.58. The summed E-state index contributed by atoms with van der Waals surface area (Å²) >= 11 is 0. The van der Waals surface area contributed by atoms with Crippen LogP contribution in [0.15, 0.2) is 18.2 Å². The maximum absolute atomic E-state index is 13.7. The van der Waals surface area contributed by atoms with E-state index in [1.807, 2.05) is 6.92 Å². The summed E-state index contributed by atoms with van der Waals surface area (Å²) in [6.07, 6.45) is 3.85. The number of hydrogen-bond acceptors (Lipinski definition) is 2. The Morgan fingerprint density at radius 2 is 1.85 bits per heavy atom. The minimum Gasteiger partial charge on any atom is -0.306 e. The van der Waals surface area contributed by atoms with Crippen molar-refractivity contribution in [1.82, 2.24) is 10.2 Å². The second-order valence-corrected chi connectivity index (χ2v) is 5.79. The van der Waals surface area contributed by atoms with Crippen LogP contribution in [0.2, 0.25) is 0 Å². The zero-order chi connectivity index (χ0) is 14.5. The van der Waals surface area contributed by atoms with Gasteiger partial charge in [0, 0.05) is 24.2 Å². The van der Waals surface area contributed by atoms with E-state index < -0.39 is 11.6 Å². The van der Waals surface area contributed by atoms with E-state index in [0.29, 0.717) is 5.56 Å². The minimum atomic E-state index is -0.778. The Balaban J connectivity index is 1.89. The van der Waals surface area contributed by atoms with Crippen LogP contribution in [0.4, 0.5) is 8.78 Å². The summed E-state index contributed by atoms with van der Waals surface area (Å²) in [5.41, 5.74) is 0.399. The van der Waals surface area contributed by atoms with E-state index in [9.17, 15) is 8.78 Å². The Morgan fingerprint density at radius 3 is 2.55 bits per heavy atom. The number of rotatable bonds is 5. The molecule has 1 fully saturated rings. The van der Waals surface area contributed by atoms with Gasteiger partial charge < -0.3 is 10.2 Å². The molecule has 2 atom stereocenters. The number of piperidine rings is 1. The summed E-state index contributed by atoms with van der Waals surface area (Å²) in [5, 5.41) is 3.36. The van der Waals surface area contributed by atoms with Crippen LogP contribution in [-0.4, -0.2) is 30.6 Å². The predicted octanol–water partition coefficient (Wildman–Crippen LogP) is 3.49. The van der Waals surface area contributed by atoms with Crippen LogP contribution in [0.5, 0.6) is 0 Å². The first-order valence-electron chi connectivity index (χ1n) is 7.50. The molecule has 2 rings (SSSR count). The highest BCUT2D eigenvalue weighted by atomic mass is 19.2. The lowest BCUT2D eigenvalue weighted by atomic mass is 10.1. The van der Waals surface area contributed by atoms with Gasteiger partial charge in [0.25, 0.3) is 0 Å². The molecule has 0 spiro atoms. The van der Waals surface area contributed by atoms with Crippen LogP contribution < -0.4 is 5.32 Å². The quantitative estimate of drug-likeness (QED) is 0.889. The first kappa shape index (κ1) is 15.4. The van der Waals surface area contributed by atoms with Gasteiger partial charge in [0.15, 0.2) is 11.6 Å². The van der Waals surface area contributed by atoms with Gasteiger partial charge >= 0.3 is 0 Å². The average molecular weight is 282 g/mol. The molecule has 1 aliphatic heterocycles. The summed E-state index contributed by atoms with van der Waals surface area (Å²) in [4.78, 5) is 2.44. The Labute approximate surface area is 120 Å². The van der Waals surface area contributed by atoms with E-state index in [2.05, 4.69) is 17.1 Å². The van der Waals surface area contributed by atoms with Gasteiger partial charge in [-0.15, -0.1) is 0 Å². The standard InChI is InChI=1S/C16H24F2N2/c1-12(11-20-9-4-3-5-10-20)19-13(2)14-7-6-8-15(17)16(14)18/h6-8,12-13,19H,3-5,9-11H2,1-2H3. The zero-order valence-electron chi connectivity index (χ0n) is 12.3. The van der Waals surface area contributed by atoms with E-state index in [0.717, 1.165) is 25.7 Å². The number of halogens is 2. The molecule has 1 aromatic carbocycles. The van der Waals surface area contributed by atoms with Crippen LogP contribution in [0, 0.1) is 11.6 Å². The fourth-order valence-electron chi connectivity index (χ4n) is 2.95. The second-order valence-electron chi connectivity index (χ2n) is 5.79. The number of hydrogen-bond donors (Lipinski definition) is 1. The lowest BCUT2D eigenvalue weighted by molar-refractivity contribution is 0.205. The molecule has 1 aromatic rings. The molecule has 0 aromatic heterocycles. The molecule has 2 nitrogen and oxygen atoms in total. The molecule has 1 saturated heterocycles. The zero-order valence-corrected chi connectivity index (χ0v) is 12.3. The van der Waals surface area contributed by atoms with Gasteiger partial charge in [0.1, 0.15) is 0 Å². The maximum atomic E-state index is 13.7. The molecule has 0 saturated carbocycles. The van der Waals surface area contributed by atoms with Gasteiger partial charge in [0.2, 0.25) is 0 Å². The average Bonchev–Trinajstić information content (AvgIpc) is 2.42. The largest absolute Gasteiger partial charge is 0.306 e. The summed E-state index contributed by atoms with van der Waals surface area (Å²) in [6, 6.07) is 4.42. The van der Waals surface area contributed by atoms with Crippen LogP contribution in [0.1, 0.15) is 44.7 Å². The van der Waals surface area contributed by atoms with Gasteiger partial charge in [-0.3, -0.25) is 0 Å². The van der Waals surface area contributed by atoms with E-state index in [-0.39, 0.29) is 12.1 Å². The summed E-state index contributed by atoms with van der Waals surface area (Å²) < 4.78 is 27.0. The van der Waals surface area contributed by atoms with Crippen molar-refractivity contribution in [3.8, 4) is 0 Å². The molecular weight excluding hydrogens is 258 g/mol. The molecule has 0 radical (unpaired) electrons.